The Kier molecular flexibility index (Phi) is 12.8. The monoisotopic (exact) mass is 592 g/mol. The van der Waals surface area contributed by atoms with Crippen LogP contribution in [0.1, 0.15) is 18.1 Å². The summed E-state index contributed by atoms with van der Waals surface area (Å²) < 4.78 is 21.9. The third-order valence-electron chi connectivity index (χ3n) is 6.27. The Bertz CT molecular complexity index is 1190. The van der Waals surface area contributed by atoms with E-state index < -0.39 is 68.4 Å². The maximum atomic E-state index is 11.6. The highest BCUT2D eigenvalue weighted by atomic mass is 16.7. The van der Waals surface area contributed by atoms with Crippen molar-refractivity contribution in [1.82, 2.24) is 0 Å². The first-order chi connectivity index (χ1) is 20.1. The Morgan fingerprint density at radius 3 is 2.05 bits per heavy atom. The summed E-state index contributed by atoms with van der Waals surface area (Å²) in [7, 11) is 0. The molecule has 8 atom stereocenters. The van der Waals surface area contributed by atoms with Crippen molar-refractivity contribution >= 4 is 18.4 Å². The van der Waals surface area contributed by atoms with Gasteiger partial charge in [-0.2, -0.15) is 0 Å². The number of ether oxygens (including phenoxy) is 4. The standard InChI is InChI=1S/C28H36N2O12/c1-16(33)39-27-25(37)23(15-32)42-28(26(27)38)41-21(12-29-10-17-6-2-4-8-19(17)34)22(14-31)40-24(36)13-30-11-18-7-3-5-9-20(18)35/h2-9,12-13,21-28,31-32,34-38H,10-11,14-15H2,1H3/t21-,22-,23-,24+,25+,26-,27+,28-/m1/s1. The minimum Gasteiger partial charge on any atom is -0.508 e. The molecule has 14 nitrogen and oxygen atoms in total. The molecule has 2 aromatic carbocycles. The van der Waals surface area contributed by atoms with E-state index in [1.807, 2.05) is 0 Å². The lowest BCUT2D eigenvalue weighted by molar-refractivity contribution is -0.315. The fraction of sp³-hybridized carbons (Fsp3) is 0.464. The van der Waals surface area contributed by atoms with Gasteiger partial charge in [-0.25, -0.2) is 0 Å². The van der Waals surface area contributed by atoms with Gasteiger partial charge in [-0.3, -0.25) is 14.8 Å². The molecule has 0 amide bonds. The number of benzene rings is 2. The first-order valence-electron chi connectivity index (χ1n) is 13.1. The summed E-state index contributed by atoms with van der Waals surface area (Å²) in [4.78, 5) is 19.8. The molecule has 7 N–H and O–H groups in total. The molecule has 1 aliphatic rings. The van der Waals surface area contributed by atoms with Gasteiger partial charge in [-0.15, -0.1) is 0 Å². The number of carbonyl (C=O) groups is 1. The molecular weight excluding hydrogens is 556 g/mol. The highest BCUT2D eigenvalue weighted by molar-refractivity contribution is 5.66. The van der Waals surface area contributed by atoms with E-state index in [9.17, 15) is 40.5 Å². The topological polar surface area (TPSA) is 220 Å². The van der Waals surface area contributed by atoms with E-state index in [0.717, 1.165) is 13.1 Å². The zero-order valence-electron chi connectivity index (χ0n) is 22.8. The van der Waals surface area contributed by atoms with Crippen molar-refractivity contribution in [1.29, 1.82) is 0 Å². The van der Waals surface area contributed by atoms with Gasteiger partial charge in [-0.1, -0.05) is 36.4 Å². The molecule has 0 unspecified atom stereocenters. The molecule has 0 bridgehead atoms. The van der Waals surface area contributed by atoms with Crippen LogP contribution in [-0.4, -0.2) is 117 Å². The molecule has 0 saturated carbocycles. The number of aromatic hydroxyl groups is 2. The first-order valence-corrected chi connectivity index (χ1v) is 13.1. The number of aliphatic hydroxyl groups excluding tert-OH is 5. The molecule has 42 heavy (non-hydrogen) atoms. The summed E-state index contributed by atoms with van der Waals surface area (Å²) in [5.74, 6) is -0.788. The van der Waals surface area contributed by atoms with Crippen LogP contribution in [0.25, 0.3) is 0 Å². The van der Waals surface area contributed by atoms with E-state index in [2.05, 4.69) is 9.98 Å². The van der Waals surface area contributed by atoms with Crippen molar-refractivity contribution in [3.63, 3.8) is 0 Å². The molecule has 0 aliphatic carbocycles. The van der Waals surface area contributed by atoms with Crippen LogP contribution in [0, 0.1) is 0 Å². The second kappa shape index (κ2) is 16.2. The number of hydrogen-bond acceptors (Lipinski definition) is 14. The minimum atomic E-state index is -1.73. The van der Waals surface area contributed by atoms with Crippen molar-refractivity contribution in [2.24, 2.45) is 9.98 Å². The van der Waals surface area contributed by atoms with E-state index in [1.54, 1.807) is 36.4 Å². The SMILES string of the molecule is CC(=O)O[C@H]1[C@@H](O)[C@@H](CO)O[C@@H](O[C@H](C=NCc2ccccc2O)[C@@H](CO)O[C@H](O)C=NCc2ccccc2O)[C@@H]1O. The van der Waals surface area contributed by atoms with Crippen molar-refractivity contribution < 1.29 is 59.5 Å². The van der Waals surface area contributed by atoms with Gasteiger partial charge in [0.25, 0.3) is 0 Å². The zero-order valence-corrected chi connectivity index (χ0v) is 22.8. The summed E-state index contributed by atoms with van der Waals surface area (Å²) in [6, 6.07) is 13.0. The maximum Gasteiger partial charge on any atom is 0.303 e. The number of hydrogen-bond donors (Lipinski definition) is 7. The van der Waals surface area contributed by atoms with Crippen molar-refractivity contribution in [3.8, 4) is 11.5 Å². The van der Waals surface area contributed by atoms with Crippen LogP contribution in [0.5, 0.6) is 11.5 Å². The molecular formula is C28H36N2O12. The molecule has 0 radical (unpaired) electrons. The van der Waals surface area contributed by atoms with Crippen molar-refractivity contribution in [2.75, 3.05) is 13.2 Å². The number of esters is 1. The summed E-state index contributed by atoms with van der Waals surface area (Å²) in [5.41, 5.74) is 0.973. The van der Waals surface area contributed by atoms with E-state index >= 15 is 0 Å². The van der Waals surface area contributed by atoms with Crippen molar-refractivity contribution in [2.45, 2.75) is 69.2 Å². The Morgan fingerprint density at radius 2 is 1.52 bits per heavy atom. The molecule has 0 spiro atoms. The van der Waals surface area contributed by atoms with Crippen LogP contribution >= 0.6 is 0 Å². The summed E-state index contributed by atoms with van der Waals surface area (Å²) in [6.45, 7) is -0.338. The van der Waals surface area contributed by atoms with E-state index in [4.69, 9.17) is 18.9 Å². The number of aliphatic imine (C=N–C) groups is 2. The number of nitrogens with zero attached hydrogens (tertiary/aromatic N) is 2. The summed E-state index contributed by atoms with van der Waals surface area (Å²) in [5, 5.41) is 71.3. The fourth-order valence-electron chi connectivity index (χ4n) is 4.09. The minimum absolute atomic E-state index is 0.00630. The smallest absolute Gasteiger partial charge is 0.303 e. The van der Waals surface area contributed by atoms with Gasteiger partial charge in [0.15, 0.2) is 18.7 Å². The zero-order chi connectivity index (χ0) is 30.6. The van der Waals surface area contributed by atoms with Crippen LogP contribution in [0.4, 0.5) is 0 Å². The number of phenols is 2. The third-order valence-corrected chi connectivity index (χ3v) is 6.27. The Balaban J connectivity index is 1.79. The third kappa shape index (κ3) is 9.27. The lowest BCUT2D eigenvalue weighted by Crippen LogP contribution is -2.61. The number of aliphatic hydroxyl groups is 5. The highest BCUT2D eigenvalue weighted by Crippen LogP contribution is 2.26. The quantitative estimate of drug-likeness (QED) is 0.0830. The van der Waals surface area contributed by atoms with Crippen LogP contribution in [0.2, 0.25) is 0 Å². The van der Waals surface area contributed by atoms with Gasteiger partial charge in [0.1, 0.15) is 42.0 Å². The molecule has 1 heterocycles. The molecule has 3 rings (SSSR count). The van der Waals surface area contributed by atoms with E-state index in [-0.39, 0.29) is 24.6 Å². The first kappa shape index (κ1) is 33.0. The van der Waals surface area contributed by atoms with Crippen LogP contribution in [0.15, 0.2) is 58.5 Å². The Labute approximate surface area is 241 Å². The summed E-state index contributed by atoms with van der Waals surface area (Å²) >= 11 is 0. The van der Waals surface area contributed by atoms with Gasteiger partial charge in [-0.05, 0) is 12.1 Å². The molecule has 230 valence electrons. The van der Waals surface area contributed by atoms with E-state index in [0.29, 0.717) is 11.1 Å². The molecule has 2 aromatic rings. The van der Waals surface area contributed by atoms with Gasteiger partial charge in [0, 0.05) is 24.3 Å². The van der Waals surface area contributed by atoms with Gasteiger partial charge >= 0.3 is 5.97 Å². The van der Waals surface area contributed by atoms with Gasteiger partial charge in [0.05, 0.1) is 32.5 Å². The predicted molar refractivity (Wildman–Crippen MR) is 147 cm³/mol. The van der Waals surface area contributed by atoms with Gasteiger partial charge < -0.3 is 54.7 Å². The Hall–Kier alpha value is -3.47. The predicted octanol–water partition coefficient (Wildman–Crippen LogP) is -0.609. The second-order valence-corrected chi connectivity index (χ2v) is 9.37. The molecule has 1 fully saturated rings. The van der Waals surface area contributed by atoms with Crippen molar-refractivity contribution in [3.05, 3.63) is 59.7 Å². The molecule has 1 saturated heterocycles. The largest absolute Gasteiger partial charge is 0.508 e. The maximum absolute atomic E-state index is 11.6. The number of phenolic OH excluding ortho intramolecular Hbond substituents is 2. The number of rotatable bonds is 14. The molecule has 14 heteroatoms. The van der Waals surface area contributed by atoms with Crippen LogP contribution in [0.3, 0.4) is 0 Å². The Morgan fingerprint density at radius 1 is 0.952 bits per heavy atom. The summed E-state index contributed by atoms with van der Waals surface area (Å²) in [6.07, 6.45) is -9.79. The van der Waals surface area contributed by atoms with Crippen LogP contribution in [-0.2, 0) is 36.8 Å². The van der Waals surface area contributed by atoms with E-state index in [1.165, 1.54) is 18.3 Å². The van der Waals surface area contributed by atoms with Gasteiger partial charge in [0.2, 0.25) is 0 Å². The average molecular weight is 593 g/mol. The number of para-hydroxylation sites is 2. The molecule has 0 aromatic heterocycles. The average Bonchev–Trinajstić information content (AvgIpc) is 2.96. The van der Waals surface area contributed by atoms with Crippen LogP contribution < -0.4 is 0 Å². The lowest BCUT2D eigenvalue weighted by Gasteiger charge is -2.42. The fourth-order valence-corrected chi connectivity index (χ4v) is 4.09. The number of carbonyl (C=O) groups excluding carboxylic acids is 1. The lowest BCUT2D eigenvalue weighted by atomic mass is 9.99. The highest BCUT2D eigenvalue weighted by Gasteiger charge is 2.48. The normalized spacial score (nSPS) is 25.0. The molecule has 1 aliphatic heterocycles. The second-order valence-electron chi connectivity index (χ2n) is 9.37.